The smallest absolute Gasteiger partial charge is 0.248 e. The number of hydrogen-bond donors (Lipinski definition) is 2. The lowest BCUT2D eigenvalue weighted by Gasteiger charge is -2.13. The van der Waals surface area contributed by atoms with E-state index < -0.39 is 10.0 Å². The van der Waals surface area contributed by atoms with Crippen molar-refractivity contribution in [1.29, 1.82) is 0 Å². The van der Waals surface area contributed by atoms with E-state index in [1.54, 1.807) is 19.9 Å². The van der Waals surface area contributed by atoms with Crippen LogP contribution in [0.2, 0.25) is 5.02 Å². The molecule has 0 aliphatic heterocycles. The van der Waals surface area contributed by atoms with Gasteiger partial charge in [-0.3, -0.25) is 4.79 Å². The number of hydrogen-bond acceptors (Lipinski definition) is 4. The van der Waals surface area contributed by atoms with Gasteiger partial charge in [0.2, 0.25) is 15.9 Å². The van der Waals surface area contributed by atoms with Crippen LogP contribution in [0.25, 0.3) is 5.57 Å². The lowest BCUT2D eigenvalue weighted by molar-refractivity contribution is -0.111. The summed E-state index contributed by atoms with van der Waals surface area (Å²) in [4.78, 5) is 12.3. The molecule has 0 fully saturated rings. The Morgan fingerprint density at radius 3 is 2.43 bits per heavy atom. The summed E-state index contributed by atoms with van der Waals surface area (Å²) in [5, 5.41) is 3.27. The summed E-state index contributed by atoms with van der Waals surface area (Å²) < 4.78 is 32.1. The van der Waals surface area contributed by atoms with Crippen LogP contribution in [0.15, 0.2) is 59.5 Å². The highest BCUT2D eigenvalue weighted by molar-refractivity contribution is 7.89. The van der Waals surface area contributed by atoms with Crippen molar-refractivity contribution in [1.82, 2.24) is 4.72 Å². The minimum atomic E-state index is -3.66. The van der Waals surface area contributed by atoms with E-state index in [0.717, 1.165) is 11.1 Å². The predicted molar refractivity (Wildman–Crippen MR) is 112 cm³/mol. The Morgan fingerprint density at radius 2 is 1.82 bits per heavy atom. The van der Waals surface area contributed by atoms with E-state index >= 15 is 0 Å². The zero-order valence-corrected chi connectivity index (χ0v) is 17.5. The van der Waals surface area contributed by atoms with Crippen LogP contribution in [-0.4, -0.2) is 34.1 Å². The van der Waals surface area contributed by atoms with Crippen LogP contribution in [0.5, 0.6) is 0 Å². The summed E-state index contributed by atoms with van der Waals surface area (Å²) in [5.74, 6) is -0.333. The van der Waals surface area contributed by atoms with Crippen molar-refractivity contribution < 1.29 is 17.9 Å². The Kier molecular flexibility index (Phi) is 7.77. The number of halogens is 1. The molecule has 0 saturated carbocycles. The summed E-state index contributed by atoms with van der Waals surface area (Å²) in [7, 11) is -2.15. The molecule has 0 bridgehead atoms. The number of carbonyl (C=O) groups excluding carboxylic acids is 1. The number of carbonyl (C=O) groups is 1. The molecule has 0 radical (unpaired) electrons. The van der Waals surface area contributed by atoms with Crippen molar-refractivity contribution in [2.75, 3.05) is 19.0 Å². The van der Waals surface area contributed by atoms with Gasteiger partial charge in [-0.15, -0.1) is 0 Å². The molecule has 2 aromatic carbocycles. The van der Waals surface area contributed by atoms with Crippen molar-refractivity contribution in [3.8, 4) is 0 Å². The lowest BCUT2D eigenvalue weighted by Crippen LogP contribution is -2.35. The van der Waals surface area contributed by atoms with Gasteiger partial charge in [-0.05, 0) is 55.3 Å². The molecule has 0 heterocycles. The largest absolute Gasteiger partial charge is 0.383 e. The summed E-state index contributed by atoms with van der Waals surface area (Å²) >= 11 is 6.14. The van der Waals surface area contributed by atoms with Crippen LogP contribution in [0.4, 0.5) is 5.69 Å². The van der Waals surface area contributed by atoms with E-state index in [1.165, 1.54) is 37.5 Å². The molecular formula is C20H23ClN2O4S. The Morgan fingerprint density at radius 1 is 1.18 bits per heavy atom. The third kappa shape index (κ3) is 6.17. The molecule has 0 saturated heterocycles. The second-order valence-corrected chi connectivity index (χ2v) is 8.42. The molecule has 0 aliphatic rings. The summed E-state index contributed by atoms with van der Waals surface area (Å²) in [6.07, 6.45) is 1.44. The Bertz CT molecular complexity index is 956. The van der Waals surface area contributed by atoms with Crippen LogP contribution in [0.1, 0.15) is 19.4 Å². The van der Waals surface area contributed by atoms with Crippen molar-refractivity contribution in [3.05, 3.63) is 65.2 Å². The molecule has 1 amide bonds. The molecule has 150 valence electrons. The number of amides is 1. The molecule has 28 heavy (non-hydrogen) atoms. The fraction of sp³-hybridized carbons (Fsp3) is 0.250. The maximum atomic E-state index is 12.3. The average Bonchev–Trinajstić information content (AvgIpc) is 2.62. The van der Waals surface area contributed by atoms with Crippen LogP contribution >= 0.6 is 11.6 Å². The molecule has 8 heteroatoms. The highest BCUT2D eigenvalue weighted by Crippen LogP contribution is 2.23. The van der Waals surface area contributed by atoms with Crippen molar-refractivity contribution in [2.45, 2.75) is 24.8 Å². The number of sulfonamides is 1. The highest BCUT2D eigenvalue weighted by atomic mass is 35.5. The minimum absolute atomic E-state index is 0.108. The number of ether oxygens (including phenoxy) is 1. The van der Waals surface area contributed by atoms with Gasteiger partial charge in [0, 0.05) is 29.9 Å². The monoisotopic (exact) mass is 422 g/mol. The number of nitrogens with one attached hydrogen (secondary N) is 2. The van der Waals surface area contributed by atoms with Crippen molar-refractivity contribution >= 4 is 38.8 Å². The highest BCUT2D eigenvalue weighted by Gasteiger charge is 2.17. The molecule has 1 unspecified atom stereocenters. The Hall–Kier alpha value is -2.19. The van der Waals surface area contributed by atoms with E-state index in [2.05, 4.69) is 10.0 Å². The predicted octanol–water partition coefficient (Wildman–Crippen LogP) is 3.70. The molecular weight excluding hydrogens is 400 g/mol. The molecule has 1 atom stereocenters. The molecule has 0 aromatic heterocycles. The maximum absolute atomic E-state index is 12.3. The van der Waals surface area contributed by atoms with E-state index in [0.29, 0.717) is 10.7 Å². The number of rotatable bonds is 8. The van der Waals surface area contributed by atoms with Crippen LogP contribution < -0.4 is 10.0 Å². The van der Waals surface area contributed by atoms with E-state index in [4.69, 9.17) is 16.3 Å². The molecule has 0 spiro atoms. The van der Waals surface area contributed by atoms with Gasteiger partial charge >= 0.3 is 0 Å². The van der Waals surface area contributed by atoms with Gasteiger partial charge in [-0.1, -0.05) is 29.8 Å². The maximum Gasteiger partial charge on any atom is 0.248 e. The standard InChI is InChI=1S/C20H23ClN2O4S/c1-14(18-6-4-5-7-19(18)21)12-20(24)22-16-8-10-17(11-9-16)28(25,26)23-15(2)13-27-3/h4-12,15,23H,13H2,1-3H3,(H,22,24). The quantitative estimate of drug-likeness (QED) is 0.635. The average molecular weight is 423 g/mol. The van der Waals surface area contributed by atoms with E-state index in [-0.39, 0.29) is 23.5 Å². The minimum Gasteiger partial charge on any atom is -0.383 e. The molecule has 6 nitrogen and oxygen atoms in total. The summed E-state index contributed by atoms with van der Waals surface area (Å²) in [6.45, 7) is 3.77. The van der Waals surface area contributed by atoms with Gasteiger partial charge in [-0.2, -0.15) is 0 Å². The van der Waals surface area contributed by atoms with Gasteiger partial charge in [0.1, 0.15) is 0 Å². The molecule has 2 aromatic rings. The Balaban J connectivity index is 2.07. The third-order valence-electron chi connectivity index (χ3n) is 3.85. The zero-order valence-electron chi connectivity index (χ0n) is 15.9. The van der Waals surface area contributed by atoms with E-state index in [1.807, 2.05) is 18.2 Å². The first-order valence-electron chi connectivity index (χ1n) is 8.58. The van der Waals surface area contributed by atoms with Gasteiger partial charge in [0.25, 0.3) is 0 Å². The van der Waals surface area contributed by atoms with Crippen molar-refractivity contribution in [3.63, 3.8) is 0 Å². The van der Waals surface area contributed by atoms with Gasteiger partial charge in [0.15, 0.2) is 0 Å². The first-order valence-corrected chi connectivity index (χ1v) is 10.4. The van der Waals surface area contributed by atoms with Gasteiger partial charge in [-0.25, -0.2) is 13.1 Å². The second kappa shape index (κ2) is 9.84. The third-order valence-corrected chi connectivity index (χ3v) is 5.79. The van der Waals surface area contributed by atoms with E-state index in [9.17, 15) is 13.2 Å². The van der Waals surface area contributed by atoms with Crippen molar-refractivity contribution in [2.24, 2.45) is 0 Å². The van der Waals surface area contributed by atoms with Gasteiger partial charge in [0.05, 0.1) is 11.5 Å². The topological polar surface area (TPSA) is 84.5 Å². The van der Waals surface area contributed by atoms with Crippen LogP contribution in [-0.2, 0) is 19.6 Å². The summed E-state index contributed by atoms with van der Waals surface area (Å²) in [5.41, 5.74) is 1.98. The Labute approximate surface area is 170 Å². The molecule has 2 N–H and O–H groups in total. The number of allylic oxidation sites excluding steroid dienone is 1. The molecule has 0 aliphatic carbocycles. The number of benzene rings is 2. The zero-order chi connectivity index (χ0) is 20.7. The fourth-order valence-electron chi connectivity index (χ4n) is 2.57. The summed E-state index contributed by atoms with van der Waals surface area (Å²) in [6, 6.07) is 12.8. The normalized spacial score (nSPS) is 13.2. The SMILES string of the molecule is COCC(C)NS(=O)(=O)c1ccc(NC(=O)C=C(C)c2ccccc2Cl)cc1. The van der Waals surface area contributed by atoms with Crippen LogP contribution in [0.3, 0.4) is 0 Å². The first-order chi connectivity index (χ1) is 13.2. The first kappa shape index (κ1) is 22.1. The van der Waals surface area contributed by atoms with Crippen LogP contribution in [0, 0.1) is 0 Å². The fourth-order valence-corrected chi connectivity index (χ4v) is 4.08. The van der Waals surface area contributed by atoms with Gasteiger partial charge < -0.3 is 10.1 Å². The molecule has 2 rings (SSSR count). The lowest BCUT2D eigenvalue weighted by atomic mass is 10.1. The number of methoxy groups -OCH3 is 1. The second-order valence-electron chi connectivity index (χ2n) is 6.30. The number of anilines is 1.